The van der Waals surface area contributed by atoms with Crippen LogP contribution in [0.5, 0.6) is 0 Å². The Labute approximate surface area is 128 Å². The van der Waals surface area contributed by atoms with Crippen molar-refractivity contribution < 1.29 is 0 Å². The lowest BCUT2D eigenvalue weighted by atomic mass is 9.78. The molecule has 0 aromatic heterocycles. The summed E-state index contributed by atoms with van der Waals surface area (Å²) in [5.41, 5.74) is 10.2. The van der Waals surface area contributed by atoms with Crippen LogP contribution in [0, 0.1) is 6.92 Å². The van der Waals surface area contributed by atoms with Gasteiger partial charge in [0.1, 0.15) is 0 Å². The van der Waals surface area contributed by atoms with Crippen molar-refractivity contribution in [2.45, 2.75) is 31.8 Å². The molecule has 2 aromatic carbocycles. The van der Waals surface area contributed by atoms with Gasteiger partial charge in [0.15, 0.2) is 0 Å². The summed E-state index contributed by atoms with van der Waals surface area (Å²) in [5.74, 6) is 0. The number of hydrogen-bond donors (Lipinski definition) is 1. The Hall–Kier alpha value is -1.64. The zero-order chi connectivity index (χ0) is 15.5. The summed E-state index contributed by atoms with van der Waals surface area (Å²) >= 11 is 0. The first-order valence-electron chi connectivity index (χ1n) is 7.50. The molecule has 0 aliphatic rings. The number of nitrogens with zero attached hydrogens (tertiary/aromatic N) is 1. The molecule has 0 fully saturated rings. The predicted octanol–water partition coefficient (Wildman–Crippen LogP) is 3.34. The van der Waals surface area contributed by atoms with E-state index < -0.39 is 5.54 Å². The molecule has 0 aliphatic carbocycles. The molecule has 2 unspecified atom stereocenters. The van der Waals surface area contributed by atoms with Crippen LogP contribution >= 0.6 is 0 Å². The van der Waals surface area contributed by atoms with Crippen molar-refractivity contribution in [2.75, 3.05) is 14.1 Å². The molecule has 0 radical (unpaired) electrons. The summed E-state index contributed by atoms with van der Waals surface area (Å²) in [6.45, 7) is 4.31. The molecule has 0 bridgehead atoms. The van der Waals surface area contributed by atoms with Gasteiger partial charge in [0.25, 0.3) is 0 Å². The molecule has 112 valence electrons. The van der Waals surface area contributed by atoms with Crippen molar-refractivity contribution in [2.24, 2.45) is 5.73 Å². The minimum absolute atomic E-state index is 0.237. The van der Waals surface area contributed by atoms with E-state index in [1.807, 2.05) is 6.07 Å². The van der Waals surface area contributed by atoms with Gasteiger partial charge in [-0.1, -0.05) is 60.2 Å². The van der Waals surface area contributed by atoms with Crippen molar-refractivity contribution in [1.29, 1.82) is 0 Å². The van der Waals surface area contributed by atoms with Crippen LogP contribution in [0.15, 0.2) is 54.6 Å². The number of benzene rings is 2. The van der Waals surface area contributed by atoms with Crippen LogP contribution in [-0.4, -0.2) is 25.0 Å². The van der Waals surface area contributed by atoms with Crippen molar-refractivity contribution in [1.82, 2.24) is 4.90 Å². The minimum Gasteiger partial charge on any atom is -0.320 e. The molecule has 2 rings (SSSR count). The topological polar surface area (TPSA) is 29.3 Å². The molecule has 2 atom stereocenters. The van der Waals surface area contributed by atoms with Crippen molar-refractivity contribution in [3.05, 3.63) is 71.3 Å². The molecule has 0 saturated carbocycles. The van der Waals surface area contributed by atoms with E-state index in [1.54, 1.807) is 0 Å². The molecule has 0 heterocycles. The van der Waals surface area contributed by atoms with Gasteiger partial charge < -0.3 is 10.6 Å². The van der Waals surface area contributed by atoms with E-state index in [2.05, 4.69) is 81.4 Å². The van der Waals surface area contributed by atoms with Crippen molar-refractivity contribution >= 4 is 0 Å². The third-order valence-electron chi connectivity index (χ3n) is 4.45. The maximum absolute atomic E-state index is 6.89. The first kappa shape index (κ1) is 15.7. The van der Waals surface area contributed by atoms with Crippen molar-refractivity contribution in [3.8, 4) is 0 Å². The van der Waals surface area contributed by atoms with E-state index in [0.717, 1.165) is 6.42 Å². The molecule has 21 heavy (non-hydrogen) atoms. The van der Waals surface area contributed by atoms with Gasteiger partial charge in [-0.2, -0.15) is 0 Å². The molecule has 0 aliphatic heterocycles. The highest BCUT2D eigenvalue weighted by Gasteiger charge is 2.35. The second kappa shape index (κ2) is 6.42. The van der Waals surface area contributed by atoms with Crippen LogP contribution in [0.25, 0.3) is 0 Å². The third-order valence-corrected chi connectivity index (χ3v) is 4.45. The van der Waals surface area contributed by atoms with Gasteiger partial charge in [0, 0.05) is 6.04 Å². The van der Waals surface area contributed by atoms with Crippen LogP contribution in [0.3, 0.4) is 0 Å². The lowest BCUT2D eigenvalue weighted by molar-refractivity contribution is 0.191. The summed E-state index contributed by atoms with van der Waals surface area (Å²) in [7, 11) is 4.18. The molecule has 2 heteroatoms. The molecule has 0 amide bonds. The number of aryl methyl sites for hydroxylation is 1. The van der Waals surface area contributed by atoms with Gasteiger partial charge in [-0.05, 0) is 45.5 Å². The Morgan fingerprint density at radius 3 is 2.10 bits per heavy atom. The smallest absolute Gasteiger partial charge is 0.0605 e. The maximum atomic E-state index is 6.89. The van der Waals surface area contributed by atoms with E-state index in [0.29, 0.717) is 0 Å². The quantitative estimate of drug-likeness (QED) is 0.911. The van der Waals surface area contributed by atoms with Gasteiger partial charge in [-0.3, -0.25) is 0 Å². The number of hydrogen-bond acceptors (Lipinski definition) is 2. The van der Waals surface area contributed by atoms with Crippen molar-refractivity contribution in [3.63, 3.8) is 0 Å². The molecule has 0 spiro atoms. The Balaban J connectivity index is 2.39. The summed E-state index contributed by atoms with van der Waals surface area (Å²) in [6, 6.07) is 19.3. The Bertz CT molecular complexity index is 560. The number of rotatable bonds is 5. The van der Waals surface area contributed by atoms with Gasteiger partial charge in [-0.25, -0.2) is 0 Å². The molecular weight excluding hydrogens is 256 g/mol. The lowest BCUT2D eigenvalue weighted by Gasteiger charge is -2.40. The summed E-state index contributed by atoms with van der Waals surface area (Å²) in [4.78, 5) is 2.20. The standard InChI is InChI=1S/C19H26N2/c1-15-10-12-17(13-11-15)14-19(20,16(2)21(3)4)18-8-6-5-7-9-18/h5-13,16H,14,20H2,1-4H3. The largest absolute Gasteiger partial charge is 0.320 e. The summed E-state index contributed by atoms with van der Waals surface area (Å²) in [6.07, 6.45) is 0.830. The summed E-state index contributed by atoms with van der Waals surface area (Å²) in [5, 5.41) is 0. The van der Waals surface area contributed by atoms with E-state index in [1.165, 1.54) is 16.7 Å². The maximum Gasteiger partial charge on any atom is 0.0605 e. The zero-order valence-electron chi connectivity index (χ0n) is 13.5. The zero-order valence-corrected chi connectivity index (χ0v) is 13.5. The summed E-state index contributed by atoms with van der Waals surface area (Å²) < 4.78 is 0. The minimum atomic E-state index is -0.403. The van der Waals surface area contributed by atoms with Crippen LogP contribution in [0.4, 0.5) is 0 Å². The average Bonchev–Trinajstić information content (AvgIpc) is 2.49. The van der Waals surface area contributed by atoms with Gasteiger partial charge in [0.2, 0.25) is 0 Å². The van der Waals surface area contributed by atoms with Crippen LogP contribution in [-0.2, 0) is 12.0 Å². The fourth-order valence-electron chi connectivity index (χ4n) is 2.74. The highest BCUT2D eigenvalue weighted by molar-refractivity contribution is 5.31. The predicted molar refractivity (Wildman–Crippen MR) is 90.3 cm³/mol. The molecule has 2 nitrogen and oxygen atoms in total. The highest BCUT2D eigenvalue weighted by atomic mass is 15.1. The van der Waals surface area contributed by atoms with Crippen LogP contribution in [0.2, 0.25) is 0 Å². The third kappa shape index (κ3) is 3.52. The highest BCUT2D eigenvalue weighted by Crippen LogP contribution is 2.29. The van der Waals surface area contributed by atoms with Gasteiger partial charge in [0.05, 0.1) is 5.54 Å². The van der Waals surface area contributed by atoms with Crippen LogP contribution < -0.4 is 5.73 Å². The SMILES string of the molecule is Cc1ccc(CC(N)(c2ccccc2)C(C)N(C)C)cc1. The van der Waals surface area contributed by atoms with E-state index >= 15 is 0 Å². The second-order valence-electron chi connectivity index (χ2n) is 6.21. The number of likely N-dealkylation sites (N-methyl/N-ethyl adjacent to an activating group) is 1. The molecule has 2 N–H and O–H groups in total. The second-order valence-corrected chi connectivity index (χ2v) is 6.21. The van der Waals surface area contributed by atoms with Gasteiger partial charge >= 0.3 is 0 Å². The lowest BCUT2D eigenvalue weighted by Crippen LogP contribution is -2.54. The molecule has 2 aromatic rings. The Kier molecular flexibility index (Phi) is 4.81. The monoisotopic (exact) mass is 282 g/mol. The van der Waals surface area contributed by atoms with E-state index in [9.17, 15) is 0 Å². The van der Waals surface area contributed by atoms with Crippen LogP contribution in [0.1, 0.15) is 23.6 Å². The fourth-order valence-corrected chi connectivity index (χ4v) is 2.74. The fraction of sp³-hybridized carbons (Fsp3) is 0.368. The molecular formula is C19H26N2. The normalized spacial score (nSPS) is 15.7. The Morgan fingerprint density at radius 2 is 1.57 bits per heavy atom. The Morgan fingerprint density at radius 1 is 1.00 bits per heavy atom. The number of nitrogens with two attached hydrogens (primary N) is 1. The van der Waals surface area contributed by atoms with E-state index in [4.69, 9.17) is 5.73 Å². The molecule has 0 saturated heterocycles. The first-order chi connectivity index (χ1) is 9.93. The van der Waals surface area contributed by atoms with Gasteiger partial charge in [-0.15, -0.1) is 0 Å². The average molecular weight is 282 g/mol. The first-order valence-corrected chi connectivity index (χ1v) is 7.50. The van der Waals surface area contributed by atoms with E-state index in [-0.39, 0.29) is 6.04 Å².